The van der Waals surface area contributed by atoms with Crippen LogP contribution in [0, 0.1) is 5.92 Å². The maximum Gasteiger partial charge on any atom is 0.328 e. The Hall–Kier alpha value is -1.63. The fourth-order valence-corrected chi connectivity index (χ4v) is 2.88. The maximum absolute atomic E-state index is 12.1. The number of hydrogen-bond donors (Lipinski definition) is 2. The third-order valence-electron chi connectivity index (χ3n) is 4.10. The zero-order chi connectivity index (χ0) is 15.2. The van der Waals surface area contributed by atoms with Crippen LogP contribution in [0.4, 0.5) is 0 Å². The summed E-state index contributed by atoms with van der Waals surface area (Å²) in [5.41, 5.74) is 0. The molecule has 0 radical (unpaired) electrons. The highest BCUT2D eigenvalue weighted by molar-refractivity contribution is 5.85. The summed E-state index contributed by atoms with van der Waals surface area (Å²) >= 11 is 0. The van der Waals surface area contributed by atoms with Crippen LogP contribution in [0.1, 0.15) is 32.1 Å². The number of nitrogens with one attached hydrogen (secondary N) is 1. The van der Waals surface area contributed by atoms with Crippen molar-refractivity contribution in [3.05, 3.63) is 0 Å². The van der Waals surface area contributed by atoms with Crippen molar-refractivity contribution >= 4 is 17.8 Å². The Labute approximate surface area is 123 Å². The molecule has 21 heavy (non-hydrogen) atoms. The second-order valence-electron chi connectivity index (χ2n) is 5.54. The Kier molecular flexibility index (Phi) is 5.55. The minimum atomic E-state index is -1.06. The highest BCUT2D eigenvalue weighted by atomic mass is 16.5. The van der Waals surface area contributed by atoms with Crippen molar-refractivity contribution in [3.8, 4) is 0 Å². The van der Waals surface area contributed by atoms with E-state index in [1.54, 1.807) is 0 Å². The number of hydrogen-bond acceptors (Lipinski definition) is 4. The molecular formula is C14H22N2O5. The van der Waals surface area contributed by atoms with E-state index >= 15 is 0 Å². The Morgan fingerprint density at radius 2 is 1.95 bits per heavy atom. The van der Waals surface area contributed by atoms with Gasteiger partial charge in [-0.1, -0.05) is 12.8 Å². The predicted molar refractivity (Wildman–Crippen MR) is 73.5 cm³/mol. The van der Waals surface area contributed by atoms with Crippen LogP contribution in [0.3, 0.4) is 0 Å². The van der Waals surface area contributed by atoms with Gasteiger partial charge in [-0.25, -0.2) is 4.79 Å². The third-order valence-corrected chi connectivity index (χ3v) is 4.10. The topological polar surface area (TPSA) is 95.9 Å². The van der Waals surface area contributed by atoms with Crippen LogP contribution < -0.4 is 5.32 Å². The zero-order valence-corrected chi connectivity index (χ0v) is 12.0. The molecule has 2 N–H and O–H groups in total. The van der Waals surface area contributed by atoms with E-state index in [0.717, 1.165) is 25.7 Å². The van der Waals surface area contributed by atoms with Gasteiger partial charge in [0, 0.05) is 25.4 Å². The molecule has 0 aromatic heterocycles. The first-order valence-electron chi connectivity index (χ1n) is 7.47. The minimum Gasteiger partial charge on any atom is -0.480 e. The van der Waals surface area contributed by atoms with Gasteiger partial charge in [0.25, 0.3) is 0 Å². The summed E-state index contributed by atoms with van der Waals surface area (Å²) in [5.74, 6) is -1.22. The van der Waals surface area contributed by atoms with Crippen molar-refractivity contribution in [2.24, 2.45) is 5.92 Å². The lowest BCUT2D eigenvalue weighted by Crippen LogP contribution is -2.53. The molecule has 1 saturated heterocycles. The number of carbonyl (C=O) groups excluding carboxylic acids is 2. The summed E-state index contributed by atoms with van der Waals surface area (Å²) in [5, 5.41) is 11.8. The van der Waals surface area contributed by atoms with Crippen molar-refractivity contribution in [2.45, 2.75) is 38.1 Å². The number of rotatable bonds is 5. The molecule has 1 aliphatic heterocycles. The predicted octanol–water partition coefficient (Wildman–Crippen LogP) is -0.00510. The molecule has 1 heterocycles. The van der Waals surface area contributed by atoms with E-state index < -0.39 is 12.0 Å². The SMILES string of the molecule is O=C(NCCC(=O)N1CCOCC1C(=O)O)C1CCCC1. The van der Waals surface area contributed by atoms with Crippen LogP contribution in [0.15, 0.2) is 0 Å². The monoisotopic (exact) mass is 298 g/mol. The quantitative estimate of drug-likeness (QED) is 0.744. The molecule has 0 bridgehead atoms. The molecule has 0 aromatic rings. The van der Waals surface area contributed by atoms with E-state index in [-0.39, 0.29) is 43.8 Å². The molecule has 1 atom stereocenters. The summed E-state index contributed by atoms with van der Waals surface area (Å²) in [6.07, 6.45) is 4.15. The summed E-state index contributed by atoms with van der Waals surface area (Å²) in [4.78, 5) is 36.3. The summed E-state index contributed by atoms with van der Waals surface area (Å²) < 4.78 is 5.09. The Morgan fingerprint density at radius 1 is 1.24 bits per heavy atom. The molecule has 1 unspecified atom stereocenters. The molecule has 0 aromatic carbocycles. The first-order valence-corrected chi connectivity index (χ1v) is 7.47. The number of morpholine rings is 1. The van der Waals surface area contributed by atoms with Crippen molar-refractivity contribution in [2.75, 3.05) is 26.3 Å². The minimum absolute atomic E-state index is 0.0112. The lowest BCUT2D eigenvalue weighted by atomic mass is 10.1. The summed E-state index contributed by atoms with van der Waals surface area (Å²) in [6.45, 7) is 0.920. The van der Waals surface area contributed by atoms with Gasteiger partial charge < -0.3 is 20.1 Å². The smallest absolute Gasteiger partial charge is 0.328 e. The number of ether oxygens (including phenoxy) is 1. The Morgan fingerprint density at radius 3 is 2.62 bits per heavy atom. The van der Waals surface area contributed by atoms with E-state index in [0.29, 0.717) is 6.61 Å². The molecular weight excluding hydrogens is 276 g/mol. The van der Waals surface area contributed by atoms with Gasteiger partial charge in [0.1, 0.15) is 0 Å². The molecule has 2 rings (SSSR count). The number of nitrogens with zero attached hydrogens (tertiary/aromatic N) is 1. The number of aliphatic carboxylic acids is 1. The number of carboxylic acids is 1. The molecule has 2 aliphatic rings. The first kappa shape index (κ1) is 15.8. The number of carbonyl (C=O) groups is 3. The molecule has 1 aliphatic carbocycles. The van der Waals surface area contributed by atoms with E-state index in [1.807, 2.05) is 0 Å². The van der Waals surface area contributed by atoms with Gasteiger partial charge >= 0.3 is 5.97 Å². The lowest BCUT2D eigenvalue weighted by molar-refractivity contribution is -0.158. The van der Waals surface area contributed by atoms with Crippen LogP contribution in [-0.2, 0) is 19.1 Å². The molecule has 118 valence electrons. The average molecular weight is 298 g/mol. The van der Waals surface area contributed by atoms with Crippen molar-refractivity contribution < 1.29 is 24.2 Å². The highest BCUT2D eigenvalue weighted by Gasteiger charge is 2.32. The Bertz CT molecular complexity index is 406. The second-order valence-corrected chi connectivity index (χ2v) is 5.54. The Balaban J connectivity index is 1.75. The van der Waals surface area contributed by atoms with Crippen LogP contribution in [0.5, 0.6) is 0 Å². The van der Waals surface area contributed by atoms with Crippen molar-refractivity contribution in [3.63, 3.8) is 0 Å². The maximum atomic E-state index is 12.1. The van der Waals surface area contributed by atoms with Crippen molar-refractivity contribution in [1.29, 1.82) is 0 Å². The van der Waals surface area contributed by atoms with Crippen LogP contribution in [0.2, 0.25) is 0 Å². The normalized spacial score (nSPS) is 23.0. The summed E-state index contributed by atoms with van der Waals surface area (Å²) in [6, 6.07) is -0.920. The average Bonchev–Trinajstić information content (AvgIpc) is 3.01. The molecule has 0 spiro atoms. The van der Waals surface area contributed by atoms with E-state index in [9.17, 15) is 14.4 Å². The van der Waals surface area contributed by atoms with Gasteiger partial charge in [0.2, 0.25) is 11.8 Å². The highest BCUT2D eigenvalue weighted by Crippen LogP contribution is 2.24. The van der Waals surface area contributed by atoms with Gasteiger partial charge in [-0.3, -0.25) is 9.59 Å². The van der Waals surface area contributed by atoms with Crippen LogP contribution >= 0.6 is 0 Å². The van der Waals surface area contributed by atoms with E-state index in [1.165, 1.54) is 4.90 Å². The lowest BCUT2D eigenvalue weighted by Gasteiger charge is -2.32. The van der Waals surface area contributed by atoms with Gasteiger partial charge in [-0.2, -0.15) is 0 Å². The number of carboxylic acid groups (broad SMARTS) is 1. The molecule has 1 saturated carbocycles. The molecule has 2 fully saturated rings. The molecule has 7 nitrogen and oxygen atoms in total. The van der Waals surface area contributed by atoms with Gasteiger partial charge in [0.05, 0.1) is 13.2 Å². The largest absolute Gasteiger partial charge is 0.480 e. The third kappa shape index (κ3) is 4.17. The fourth-order valence-electron chi connectivity index (χ4n) is 2.88. The van der Waals surface area contributed by atoms with E-state index in [4.69, 9.17) is 9.84 Å². The van der Waals surface area contributed by atoms with Crippen LogP contribution in [-0.4, -0.2) is 60.1 Å². The first-order chi connectivity index (χ1) is 10.1. The van der Waals surface area contributed by atoms with Gasteiger partial charge in [0.15, 0.2) is 6.04 Å². The molecule has 2 amide bonds. The zero-order valence-electron chi connectivity index (χ0n) is 12.0. The van der Waals surface area contributed by atoms with Crippen molar-refractivity contribution in [1.82, 2.24) is 10.2 Å². The second kappa shape index (κ2) is 7.40. The van der Waals surface area contributed by atoms with Crippen LogP contribution in [0.25, 0.3) is 0 Å². The van der Waals surface area contributed by atoms with Gasteiger partial charge in [-0.05, 0) is 12.8 Å². The standard InChI is InChI=1S/C14H22N2O5/c17-12(16-7-8-21-9-11(16)14(19)20)5-6-15-13(18)10-3-1-2-4-10/h10-11H,1-9H2,(H,15,18)(H,19,20). The van der Waals surface area contributed by atoms with Gasteiger partial charge in [-0.15, -0.1) is 0 Å². The number of amides is 2. The summed E-state index contributed by atoms with van der Waals surface area (Å²) in [7, 11) is 0. The fraction of sp³-hybridized carbons (Fsp3) is 0.786. The molecule has 7 heteroatoms. The van der Waals surface area contributed by atoms with E-state index in [2.05, 4.69) is 5.32 Å².